The molecule has 0 aliphatic carbocycles. The van der Waals surface area contributed by atoms with Crippen LogP contribution in [0.1, 0.15) is 29.5 Å². The molecular formula is C19H21NO2. The number of aryl methyl sites for hydroxylation is 1. The Morgan fingerprint density at radius 2 is 1.95 bits per heavy atom. The highest BCUT2D eigenvalue weighted by atomic mass is 16.5. The van der Waals surface area contributed by atoms with Crippen molar-refractivity contribution >= 4 is 0 Å². The zero-order valence-corrected chi connectivity index (χ0v) is 13.2. The van der Waals surface area contributed by atoms with Gasteiger partial charge in [0, 0.05) is 29.0 Å². The van der Waals surface area contributed by atoms with Crippen molar-refractivity contribution in [2.75, 3.05) is 13.6 Å². The van der Waals surface area contributed by atoms with Gasteiger partial charge in [-0.05, 0) is 26.1 Å². The van der Waals surface area contributed by atoms with Gasteiger partial charge >= 0.3 is 0 Å². The molecule has 3 atom stereocenters. The molecule has 114 valence electrons. The highest BCUT2D eigenvalue weighted by molar-refractivity contribution is 5.54. The Kier molecular flexibility index (Phi) is 2.87. The highest BCUT2D eigenvalue weighted by Gasteiger charge is 2.52. The first-order chi connectivity index (χ1) is 10.5. The normalized spacial score (nSPS) is 30.0. The predicted octanol–water partition coefficient (Wildman–Crippen LogP) is 3.41. The molecule has 2 aromatic carbocycles. The number of likely N-dealkylation sites (tertiary alicyclic amines) is 1. The second kappa shape index (κ2) is 4.58. The second-order valence-electron chi connectivity index (χ2n) is 6.86. The predicted molar refractivity (Wildman–Crippen MR) is 86.4 cm³/mol. The largest absolute Gasteiger partial charge is 0.457 e. The summed E-state index contributed by atoms with van der Waals surface area (Å²) in [6.07, 6.45) is -0.499. The lowest BCUT2D eigenvalue weighted by Gasteiger charge is -2.31. The van der Waals surface area contributed by atoms with E-state index in [0.29, 0.717) is 0 Å². The van der Waals surface area contributed by atoms with Gasteiger partial charge in [0.05, 0.1) is 0 Å². The van der Waals surface area contributed by atoms with E-state index in [2.05, 4.69) is 38.1 Å². The molecule has 2 aliphatic rings. The van der Waals surface area contributed by atoms with Crippen molar-refractivity contribution in [1.29, 1.82) is 0 Å². The topological polar surface area (TPSA) is 32.7 Å². The van der Waals surface area contributed by atoms with Crippen LogP contribution in [0.4, 0.5) is 0 Å². The molecule has 2 aromatic rings. The molecule has 0 bridgehead atoms. The highest BCUT2D eigenvalue weighted by Crippen LogP contribution is 2.55. The van der Waals surface area contributed by atoms with Gasteiger partial charge in [-0.25, -0.2) is 0 Å². The van der Waals surface area contributed by atoms with Gasteiger partial charge in [0.1, 0.15) is 17.7 Å². The number of fused-ring (bicyclic) bond motifs is 5. The lowest BCUT2D eigenvalue weighted by Crippen LogP contribution is -2.31. The molecular weight excluding hydrogens is 274 g/mol. The SMILES string of the molecule is Cc1ccc2c(c1)[C@]1(C)CN(C)C(O)[C@H]1c1ccccc1O2. The molecule has 0 aromatic heterocycles. The number of aliphatic hydroxyl groups excluding tert-OH is 1. The second-order valence-corrected chi connectivity index (χ2v) is 6.86. The zero-order chi connectivity index (χ0) is 15.5. The Morgan fingerprint density at radius 3 is 2.77 bits per heavy atom. The smallest absolute Gasteiger partial charge is 0.131 e. The first kappa shape index (κ1) is 13.8. The van der Waals surface area contributed by atoms with E-state index in [1.165, 1.54) is 11.1 Å². The molecule has 2 heterocycles. The summed E-state index contributed by atoms with van der Waals surface area (Å²) in [5.74, 6) is 1.78. The monoisotopic (exact) mass is 295 g/mol. The summed E-state index contributed by atoms with van der Waals surface area (Å²) < 4.78 is 6.21. The minimum absolute atomic E-state index is 0.0109. The quantitative estimate of drug-likeness (QED) is 0.808. The first-order valence-corrected chi connectivity index (χ1v) is 7.77. The van der Waals surface area contributed by atoms with Gasteiger partial charge in [0.15, 0.2) is 0 Å². The number of ether oxygens (including phenoxy) is 1. The van der Waals surface area contributed by atoms with E-state index in [-0.39, 0.29) is 11.3 Å². The summed E-state index contributed by atoms with van der Waals surface area (Å²) in [6, 6.07) is 14.4. The number of benzene rings is 2. The van der Waals surface area contributed by atoms with Gasteiger partial charge in [-0.1, -0.05) is 42.8 Å². The fourth-order valence-corrected chi connectivity index (χ4v) is 4.18. The third-order valence-corrected chi connectivity index (χ3v) is 5.24. The van der Waals surface area contributed by atoms with Crippen LogP contribution in [0.3, 0.4) is 0 Å². The minimum atomic E-state index is -0.499. The van der Waals surface area contributed by atoms with Crippen molar-refractivity contribution in [2.24, 2.45) is 0 Å². The summed E-state index contributed by atoms with van der Waals surface area (Å²) in [4.78, 5) is 2.04. The number of hydrogen-bond acceptors (Lipinski definition) is 3. The summed E-state index contributed by atoms with van der Waals surface area (Å²) in [5.41, 5.74) is 3.34. The van der Waals surface area contributed by atoms with Gasteiger partial charge < -0.3 is 9.84 Å². The minimum Gasteiger partial charge on any atom is -0.457 e. The Labute approximate surface area is 131 Å². The summed E-state index contributed by atoms with van der Waals surface area (Å²) in [5, 5.41) is 10.8. The van der Waals surface area contributed by atoms with Crippen LogP contribution in [-0.4, -0.2) is 29.8 Å². The zero-order valence-electron chi connectivity index (χ0n) is 13.2. The fourth-order valence-electron chi connectivity index (χ4n) is 4.18. The molecule has 22 heavy (non-hydrogen) atoms. The van der Waals surface area contributed by atoms with Crippen LogP contribution >= 0.6 is 0 Å². The fraction of sp³-hybridized carbons (Fsp3) is 0.368. The average Bonchev–Trinajstić information content (AvgIpc) is 2.66. The van der Waals surface area contributed by atoms with Crippen LogP contribution < -0.4 is 4.74 Å². The molecule has 1 N–H and O–H groups in total. The molecule has 0 radical (unpaired) electrons. The number of rotatable bonds is 0. The lowest BCUT2D eigenvalue weighted by atomic mass is 9.70. The van der Waals surface area contributed by atoms with E-state index >= 15 is 0 Å². The first-order valence-electron chi connectivity index (χ1n) is 7.77. The number of aliphatic hydroxyl groups is 1. The van der Waals surface area contributed by atoms with E-state index in [9.17, 15) is 5.11 Å². The molecule has 3 heteroatoms. The van der Waals surface area contributed by atoms with E-state index in [0.717, 1.165) is 23.6 Å². The Morgan fingerprint density at radius 1 is 1.18 bits per heavy atom. The van der Waals surface area contributed by atoms with Gasteiger partial charge in [-0.3, -0.25) is 4.90 Å². The molecule has 0 spiro atoms. The summed E-state index contributed by atoms with van der Waals surface area (Å²) in [6.45, 7) is 5.16. The molecule has 1 fully saturated rings. The lowest BCUT2D eigenvalue weighted by molar-refractivity contribution is 0.0429. The van der Waals surface area contributed by atoms with Crippen LogP contribution in [-0.2, 0) is 5.41 Å². The number of likely N-dealkylation sites (N-methyl/N-ethyl adjacent to an activating group) is 1. The number of hydrogen-bond donors (Lipinski definition) is 1. The van der Waals surface area contributed by atoms with Crippen molar-refractivity contribution in [3.63, 3.8) is 0 Å². The van der Waals surface area contributed by atoms with Crippen LogP contribution in [0.15, 0.2) is 42.5 Å². The Bertz CT molecular complexity index is 742. The maximum absolute atomic E-state index is 10.8. The van der Waals surface area contributed by atoms with Gasteiger partial charge in [-0.15, -0.1) is 0 Å². The van der Waals surface area contributed by atoms with Crippen LogP contribution in [0.5, 0.6) is 11.5 Å². The summed E-state index contributed by atoms with van der Waals surface area (Å²) in [7, 11) is 1.99. The van der Waals surface area contributed by atoms with Crippen LogP contribution in [0.2, 0.25) is 0 Å². The molecule has 0 amide bonds. The van der Waals surface area contributed by atoms with Crippen molar-refractivity contribution in [1.82, 2.24) is 4.90 Å². The molecule has 2 aliphatic heterocycles. The average molecular weight is 295 g/mol. The summed E-state index contributed by atoms with van der Waals surface area (Å²) >= 11 is 0. The number of nitrogens with zero attached hydrogens (tertiary/aromatic N) is 1. The van der Waals surface area contributed by atoms with E-state index in [1.807, 2.05) is 30.1 Å². The van der Waals surface area contributed by atoms with Crippen molar-refractivity contribution in [3.05, 3.63) is 59.2 Å². The van der Waals surface area contributed by atoms with Crippen molar-refractivity contribution < 1.29 is 9.84 Å². The Balaban J connectivity index is 2.03. The van der Waals surface area contributed by atoms with Crippen LogP contribution in [0.25, 0.3) is 0 Å². The van der Waals surface area contributed by atoms with Gasteiger partial charge in [0.2, 0.25) is 0 Å². The Hall–Kier alpha value is -1.84. The molecule has 1 saturated heterocycles. The van der Waals surface area contributed by atoms with E-state index in [1.54, 1.807) is 0 Å². The molecule has 0 saturated carbocycles. The van der Waals surface area contributed by atoms with Gasteiger partial charge in [0.25, 0.3) is 0 Å². The maximum atomic E-state index is 10.8. The molecule has 4 rings (SSSR count). The van der Waals surface area contributed by atoms with E-state index in [4.69, 9.17) is 4.74 Å². The molecule has 3 nitrogen and oxygen atoms in total. The van der Waals surface area contributed by atoms with Crippen molar-refractivity contribution in [3.8, 4) is 11.5 Å². The standard InChI is InChI=1S/C19H21NO2/c1-12-8-9-16-14(10-12)19(2)11-20(3)18(21)17(19)13-6-4-5-7-15(13)22-16/h4-10,17-18,21H,11H2,1-3H3/t17-,18?,19+/m1/s1. The van der Waals surface area contributed by atoms with Crippen molar-refractivity contribution in [2.45, 2.75) is 31.4 Å². The maximum Gasteiger partial charge on any atom is 0.131 e. The van der Waals surface area contributed by atoms with Crippen LogP contribution in [0, 0.1) is 6.92 Å². The number of para-hydroxylation sites is 1. The van der Waals surface area contributed by atoms with E-state index < -0.39 is 6.23 Å². The third-order valence-electron chi connectivity index (χ3n) is 5.24. The van der Waals surface area contributed by atoms with Gasteiger partial charge in [-0.2, -0.15) is 0 Å². The molecule has 1 unspecified atom stereocenters. The third kappa shape index (κ3) is 1.76.